The normalized spacial score (nSPS) is 10.6. The molecular formula is C12H17N5S2. The van der Waals surface area contributed by atoms with E-state index in [2.05, 4.69) is 38.5 Å². The molecule has 0 unspecified atom stereocenters. The molecular weight excluding hydrogens is 278 g/mol. The second-order valence-electron chi connectivity index (χ2n) is 3.99. The number of aromatic nitrogens is 4. The highest BCUT2D eigenvalue weighted by Crippen LogP contribution is 2.28. The van der Waals surface area contributed by atoms with Gasteiger partial charge in [0.05, 0.1) is 0 Å². The minimum absolute atomic E-state index is 0.885. The third-order valence-corrected chi connectivity index (χ3v) is 3.94. The molecule has 2 heterocycles. The van der Waals surface area contributed by atoms with Crippen molar-refractivity contribution in [3.63, 3.8) is 0 Å². The summed E-state index contributed by atoms with van der Waals surface area (Å²) in [4.78, 5) is 13.2. The van der Waals surface area contributed by atoms with E-state index < -0.39 is 0 Å². The zero-order chi connectivity index (χ0) is 13.5. The van der Waals surface area contributed by atoms with E-state index in [0.717, 1.165) is 46.8 Å². The predicted octanol–water partition coefficient (Wildman–Crippen LogP) is 3.25. The van der Waals surface area contributed by atoms with E-state index in [1.54, 1.807) is 6.33 Å². The zero-order valence-corrected chi connectivity index (χ0v) is 12.7. The van der Waals surface area contributed by atoms with Gasteiger partial charge in [-0.25, -0.2) is 15.0 Å². The highest BCUT2D eigenvalue weighted by molar-refractivity contribution is 8.00. The summed E-state index contributed by atoms with van der Waals surface area (Å²) in [6.07, 6.45) is 4.58. The maximum Gasteiger partial charge on any atom is 0.175 e. The Morgan fingerprint density at radius 1 is 1.26 bits per heavy atom. The Morgan fingerprint density at radius 3 is 2.84 bits per heavy atom. The van der Waals surface area contributed by atoms with Gasteiger partial charge in [-0.2, -0.15) is 4.37 Å². The molecule has 0 bridgehead atoms. The summed E-state index contributed by atoms with van der Waals surface area (Å²) >= 11 is 2.92. The van der Waals surface area contributed by atoms with Gasteiger partial charge in [0, 0.05) is 19.0 Å². The van der Waals surface area contributed by atoms with Gasteiger partial charge in [-0.15, -0.1) is 0 Å². The topological polar surface area (TPSA) is 63.6 Å². The van der Waals surface area contributed by atoms with Crippen LogP contribution in [0.1, 0.15) is 32.5 Å². The Labute approximate surface area is 121 Å². The van der Waals surface area contributed by atoms with Gasteiger partial charge in [-0.3, -0.25) is 0 Å². The Kier molecular flexibility index (Phi) is 5.53. The van der Waals surface area contributed by atoms with Gasteiger partial charge in [0.1, 0.15) is 23.0 Å². The summed E-state index contributed by atoms with van der Waals surface area (Å²) in [7, 11) is 0. The molecule has 0 aliphatic heterocycles. The molecule has 2 aromatic rings. The molecule has 0 spiro atoms. The molecule has 0 amide bonds. The average Bonchev–Trinajstić information content (AvgIpc) is 2.89. The highest BCUT2D eigenvalue weighted by atomic mass is 32.2. The first-order valence-electron chi connectivity index (χ1n) is 6.38. The van der Waals surface area contributed by atoms with Crippen LogP contribution in [0.4, 0.5) is 5.82 Å². The summed E-state index contributed by atoms with van der Waals surface area (Å²) < 4.78 is 4.90. The van der Waals surface area contributed by atoms with Crippen LogP contribution in [0.2, 0.25) is 0 Å². The van der Waals surface area contributed by atoms with E-state index in [-0.39, 0.29) is 0 Å². The van der Waals surface area contributed by atoms with Gasteiger partial charge < -0.3 is 5.32 Å². The lowest BCUT2D eigenvalue weighted by Crippen LogP contribution is -2.05. The van der Waals surface area contributed by atoms with Gasteiger partial charge in [-0.05, 0) is 36.1 Å². The number of aryl methyl sites for hydroxylation is 1. The number of hydrogen-bond acceptors (Lipinski definition) is 7. The Hall–Kier alpha value is -1.21. The van der Waals surface area contributed by atoms with Crippen molar-refractivity contribution >= 4 is 29.1 Å². The molecule has 0 aliphatic carbocycles. The molecule has 19 heavy (non-hydrogen) atoms. The molecule has 102 valence electrons. The van der Waals surface area contributed by atoms with Crippen molar-refractivity contribution in [2.24, 2.45) is 0 Å². The fraction of sp³-hybridized carbons (Fsp3) is 0.500. The maximum absolute atomic E-state index is 4.56. The molecule has 0 fully saturated rings. The summed E-state index contributed by atoms with van der Waals surface area (Å²) in [5, 5.41) is 4.24. The standard InChI is InChI=1S/C12H17N5S2/c1-3-5-9-16-10(13-6-4-2)7-11(17-9)18-12-14-8-15-19-12/h7-8H,3-6H2,1-2H3,(H,13,16,17). The number of nitrogens with zero attached hydrogens (tertiary/aromatic N) is 4. The van der Waals surface area contributed by atoms with Gasteiger partial charge in [0.2, 0.25) is 0 Å². The van der Waals surface area contributed by atoms with Crippen molar-refractivity contribution in [2.75, 3.05) is 11.9 Å². The van der Waals surface area contributed by atoms with Crippen LogP contribution in [0.5, 0.6) is 0 Å². The fourth-order valence-electron chi connectivity index (χ4n) is 1.50. The van der Waals surface area contributed by atoms with Crippen molar-refractivity contribution in [1.29, 1.82) is 0 Å². The van der Waals surface area contributed by atoms with Crippen molar-refractivity contribution in [3.05, 3.63) is 18.2 Å². The Bertz CT molecular complexity index is 501. The summed E-state index contributed by atoms with van der Waals surface area (Å²) in [6.45, 7) is 5.19. The van der Waals surface area contributed by atoms with Gasteiger partial charge >= 0.3 is 0 Å². The molecule has 0 atom stereocenters. The third-order valence-electron chi connectivity index (χ3n) is 2.31. The number of anilines is 1. The quantitative estimate of drug-likeness (QED) is 0.791. The molecule has 0 aliphatic rings. The molecule has 0 radical (unpaired) electrons. The second kappa shape index (κ2) is 7.40. The largest absolute Gasteiger partial charge is 0.370 e. The Balaban J connectivity index is 2.17. The first kappa shape index (κ1) is 14.2. The van der Waals surface area contributed by atoms with Crippen molar-refractivity contribution in [1.82, 2.24) is 19.3 Å². The van der Waals surface area contributed by atoms with Crippen LogP contribution < -0.4 is 5.32 Å². The average molecular weight is 295 g/mol. The van der Waals surface area contributed by atoms with E-state index in [1.807, 2.05) is 6.07 Å². The molecule has 0 aromatic carbocycles. The van der Waals surface area contributed by atoms with Crippen LogP contribution in [0, 0.1) is 0 Å². The smallest absolute Gasteiger partial charge is 0.175 e. The lowest BCUT2D eigenvalue weighted by Gasteiger charge is -2.08. The monoisotopic (exact) mass is 295 g/mol. The van der Waals surface area contributed by atoms with Gasteiger partial charge in [-0.1, -0.05) is 13.8 Å². The summed E-state index contributed by atoms with van der Waals surface area (Å²) in [5.74, 6) is 1.78. The van der Waals surface area contributed by atoms with Crippen molar-refractivity contribution < 1.29 is 0 Å². The molecule has 0 saturated heterocycles. The third kappa shape index (κ3) is 4.43. The minimum Gasteiger partial charge on any atom is -0.370 e. The van der Waals surface area contributed by atoms with Crippen LogP contribution >= 0.6 is 23.3 Å². The molecule has 7 heteroatoms. The first-order chi connectivity index (χ1) is 9.31. The van der Waals surface area contributed by atoms with Crippen LogP contribution in [0.3, 0.4) is 0 Å². The van der Waals surface area contributed by atoms with Gasteiger partial charge in [0.25, 0.3) is 0 Å². The van der Waals surface area contributed by atoms with Crippen molar-refractivity contribution in [3.8, 4) is 0 Å². The van der Waals surface area contributed by atoms with Crippen molar-refractivity contribution in [2.45, 2.75) is 42.5 Å². The van der Waals surface area contributed by atoms with E-state index >= 15 is 0 Å². The predicted molar refractivity (Wildman–Crippen MR) is 78.8 cm³/mol. The van der Waals surface area contributed by atoms with E-state index in [4.69, 9.17) is 0 Å². The molecule has 2 aromatic heterocycles. The zero-order valence-electron chi connectivity index (χ0n) is 11.1. The Morgan fingerprint density at radius 2 is 2.16 bits per heavy atom. The minimum atomic E-state index is 0.885. The lowest BCUT2D eigenvalue weighted by molar-refractivity contribution is 0.807. The molecule has 2 rings (SSSR count). The fourth-order valence-corrected chi connectivity index (χ4v) is 2.91. The number of hydrogen-bond donors (Lipinski definition) is 1. The van der Waals surface area contributed by atoms with E-state index in [1.165, 1.54) is 23.3 Å². The maximum atomic E-state index is 4.56. The summed E-state index contributed by atoms with van der Waals surface area (Å²) in [5.41, 5.74) is 0. The molecule has 0 saturated carbocycles. The van der Waals surface area contributed by atoms with Crippen LogP contribution in [-0.4, -0.2) is 25.9 Å². The lowest BCUT2D eigenvalue weighted by atomic mass is 10.3. The number of rotatable bonds is 7. The second-order valence-corrected chi connectivity index (χ2v) is 6.04. The van der Waals surface area contributed by atoms with Crippen LogP contribution in [-0.2, 0) is 6.42 Å². The van der Waals surface area contributed by atoms with Gasteiger partial charge in [0.15, 0.2) is 4.34 Å². The highest BCUT2D eigenvalue weighted by Gasteiger charge is 2.07. The van der Waals surface area contributed by atoms with Crippen LogP contribution in [0.15, 0.2) is 21.8 Å². The number of nitrogens with one attached hydrogen (secondary N) is 1. The van der Waals surface area contributed by atoms with Crippen LogP contribution in [0.25, 0.3) is 0 Å². The van der Waals surface area contributed by atoms with E-state index in [9.17, 15) is 0 Å². The van der Waals surface area contributed by atoms with E-state index in [0.29, 0.717) is 0 Å². The summed E-state index contributed by atoms with van der Waals surface area (Å²) in [6, 6.07) is 1.97. The molecule has 5 nitrogen and oxygen atoms in total. The SMILES string of the molecule is CCCNc1cc(Sc2ncns2)nc(CCC)n1. The molecule has 1 N–H and O–H groups in total. The first-order valence-corrected chi connectivity index (χ1v) is 7.97.